The Labute approximate surface area is 98.1 Å². The van der Waals surface area contributed by atoms with Crippen LogP contribution in [0.2, 0.25) is 0 Å². The van der Waals surface area contributed by atoms with Crippen molar-refractivity contribution in [3.05, 3.63) is 35.6 Å². The molecule has 0 fully saturated rings. The van der Waals surface area contributed by atoms with E-state index in [1.54, 1.807) is 19.9 Å². The summed E-state index contributed by atoms with van der Waals surface area (Å²) >= 11 is 0. The third-order valence-corrected chi connectivity index (χ3v) is 2.29. The van der Waals surface area contributed by atoms with E-state index in [9.17, 15) is 9.18 Å². The molecular weight excluding hydrogens is 225 g/mol. The van der Waals surface area contributed by atoms with Gasteiger partial charge in [-0.15, -0.1) is 0 Å². The minimum absolute atomic E-state index is 0.0914. The van der Waals surface area contributed by atoms with Gasteiger partial charge in [-0.25, -0.2) is 4.39 Å². The molecule has 0 aliphatic heterocycles. The molecule has 5 nitrogen and oxygen atoms in total. The zero-order valence-electron chi connectivity index (χ0n) is 9.57. The Morgan fingerprint density at radius 2 is 2.06 bits per heavy atom. The second-order valence-corrected chi connectivity index (χ2v) is 4.04. The number of hydrogen-bond donors (Lipinski definition) is 3. The van der Waals surface area contributed by atoms with Gasteiger partial charge in [-0.05, 0) is 26.0 Å². The molecule has 0 atom stereocenters. The Morgan fingerprint density at radius 3 is 2.59 bits per heavy atom. The largest absolute Gasteiger partial charge is 0.409 e. The summed E-state index contributed by atoms with van der Waals surface area (Å²) in [5.74, 6) is -1.41. The first-order valence-electron chi connectivity index (χ1n) is 4.93. The van der Waals surface area contributed by atoms with Crippen LogP contribution in [0.25, 0.3) is 0 Å². The Morgan fingerprint density at radius 1 is 1.47 bits per heavy atom. The molecule has 0 bridgehead atoms. The highest BCUT2D eigenvalue weighted by Crippen LogP contribution is 2.09. The molecule has 1 rings (SSSR count). The predicted molar refractivity (Wildman–Crippen MR) is 61.4 cm³/mol. The maximum Gasteiger partial charge on any atom is 0.255 e. The first-order valence-corrected chi connectivity index (χ1v) is 4.93. The van der Waals surface area contributed by atoms with Gasteiger partial charge in [0.05, 0.1) is 11.1 Å². The Hall–Kier alpha value is -2.11. The smallest absolute Gasteiger partial charge is 0.255 e. The number of amidine groups is 1. The summed E-state index contributed by atoms with van der Waals surface area (Å²) in [6.07, 6.45) is 0. The lowest BCUT2D eigenvalue weighted by atomic mass is 10.0. The first kappa shape index (κ1) is 13.0. The Balaban J connectivity index is 2.91. The van der Waals surface area contributed by atoms with Gasteiger partial charge >= 0.3 is 0 Å². The van der Waals surface area contributed by atoms with Crippen LogP contribution in [-0.4, -0.2) is 22.5 Å². The molecule has 0 radical (unpaired) electrons. The SMILES string of the molecule is CC(C)(NC(=O)c1ccccc1F)/C(N)=N/O. The van der Waals surface area contributed by atoms with E-state index in [0.717, 1.165) is 0 Å². The van der Waals surface area contributed by atoms with E-state index in [4.69, 9.17) is 10.9 Å². The maximum absolute atomic E-state index is 13.3. The number of oxime groups is 1. The van der Waals surface area contributed by atoms with Crippen molar-refractivity contribution < 1.29 is 14.4 Å². The molecule has 1 amide bonds. The molecule has 0 heterocycles. The fraction of sp³-hybridized carbons (Fsp3) is 0.273. The van der Waals surface area contributed by atoms with Crippen molar-refractivity contribution >= 4 is 11.7 Å². The van der Waals surface area contributed by atoms with Crippen molar-refractivity contribution in [3.8, 4) is 0 Å². The van der Waals surface area contributed by atoms with Crippen molar-refractivity contribution in [1.82, 2.24) is 5.32 Å². The maximum atomic E-state index is 13.3. The van der Waals surface area contributed by atoms with Crippen LogP contribution in [0, 0.1) is 5.82 Å². The number of carbonyl (C=O) groups excluding carboxylic acids is 1. The number of nitrogens with zero attached hydrogens (tertiary/aromatic N) is 1. The number of nitrogens with two attached hydrogens (primary N) is 1. The summed E-state index contributed by atoms with van der Waals surface area (Å²) in [5.41, 5.74) is 4.25. The molecule has 0 aliphatic carbocycles. The highest BCUT2D eigenvalue weighted by atomic mass is 19.1. The van der Waals surface area contributed by atoms with Crippen LogP contribution in [0.5, 0.6) is 0 Å². The van der Waals surface area contributed by atoms with E-state index in [-0.39, 0.29) is 11.4 Å². The van der Waals surface area contributed by atoms with Gasteiger partial charge in [0.2, 0.25) is 0 Å². The third kappa shape index (κ3) is 2.93. The van der Waals surface area contributed by atoms with Gasteiger partial charge in [0, 0.05) is 0 Å². The van der Waals surface area contributed by atoms with Gasteiger partial charge < -0.3 is 16.3 Å². The van der Waals surface area contributed by atoms with Crippen molar-refractivity contribution in [2.75, 3.05) is 0 Å². The van der Waals surface area contributed by atoms with Gasteiger partial charge in [0.15, 0.2) is 5.84 Å². The topological polar surface area (TPSA) is 87.7 Å². The minimum Gasteiger partial charge on any atom is -0.409 e. The number of nitrogens with one attached hydrogen (secondary N) is 1. The highest BCUT2D eigenvalue weighted by molar-refractivity contribution is 5.99. The highest BCUT2D eigenvalue weighted by Gasteiger charge is 2.27. The molecule has 4 N–H and O–H groups in total. The van der Waals surface area contributed by atoms with Crippen LogP contribution in [0.3, 0.4) is 0 Å². The molecule has 92 valence electrons. The lowest BCUT2D eigenvalue weighted by Crippen LogP contribution is -2.53. The first-order chi connectivity index (χ1) is 7.88. The zero-order chi connectivity index (χ0) is 13.1. The van der Waals surface area contributed by atoms with Crippen LogP contribution in [0.1, 0.15) is 24.2 Å². The summed E-state index contributed by atoms with van der Waals surface area (Å²) in [7, 11) is 0. The van der Waals surface area contributed by atoms with Crippen molar-refractivity contribution in [1.29, 1.82) is 0 Å². The van der Waals surface area contributed by atoms with E-state index in [1.165, 1.54) is 18.2 Å². The Bertz CT molecular complexity index is 458. The fourth-order valence-corrected chi connectivity index (χ4v) is 1.19. The van der Waals surface area contributed by atoms with E-state index >= 15 is 0 Å². The van der Waals surface area contributed by atoms with E-state index < -0.39 is 17.3 Å². The number of rotatable bonds is 3. The molecular formula is C11H14FN3O2. The van der Waals surface area contributed by atoms with E-state index in [0.29, 0.717) is 0 Å². The summed E-state index contributed by atoms with van der Waals surface area (Å²) in [6.45, 7) is 3.08. The quantitative estimate of drug-likeness (QED) is 0.319. The van der Waals surface area contributed by atoms with E-state index in [2.05, 4.69) is 10.5 Å². The lowest BCUT2D eigenvalue weighted by Gasteiger charge is -2.24. The molecule has 0 saturated carbocycles. The molecule has 0 saturated heterocycles. The van der Waals surface area contributed by atoms with Gasteiger partial charge in [0.25, 0.3) is 5.91 Å². The fourth-order valence-electron chi connectivity index (χ4n) is 1.19. The molecule has 6 heteroatoms. The number of halogens is 1. The summed E-state index contributed by atoms with van der Waals surface area (Å²) in [5, 5.41) is 13.8. The Kier molecular flexibility index (Phi) is 3.67. The molecule has 0 aromatic heterocycles. The molecule has 0 aliphatic rings. The van der Waals surface area contributed by atoms with Gasteiger partial charge in [-0.1, -0.05) is 17.3 Å². The summed E-state index contributed by atoms with van der Waals surface area (Å²) in [4.78, 5) is 11.8. The molecule has 17 heavy (non-hydrogen) atoms. The second kappa shape index (κ2) is 4.82. The van der Waals surface area contributed by atoms with Crippen molar-refractivity contribution in [2.45, 2.75) is 19.4 Å². The monoisotopic (exact) mass is 239 g/mol. The van der Waals surface area contributed by atoms with Crippen LogP contribution in [0.15, 0.2) is 29.4 Å². The normalized spacial score (nSPS) is 12.3. The number of amides is 1. The van der Waals surface area contributed by atoms with Gasteiger partial charge in [-0.3, -0.25) is 4.79 Å². The van der Waals surface area contributed by atoms with Gasteiger partial charge in [-0.2, -0.15) is 0 Å². The average molecular weight is 239 g/mol. The summed E-state index contributed by atoms with van der Waals surface area (Å²) in [6, 6.07) is 5.58. The molecule has 1 aromatic carbocycles. The standard InChI is InChI=1S/C11H14FN3O2/c1-11(2,10(13)15-17)14-9(16)7-5-3-4-6-8(7)12/h3-6,17H,1-2H3,(H2,13,15)(H,14,16). The lowest BCUT2D eigenvalue weighted by molar-refractivity contribution is 0.0926. The number of benzene rings is 1. The molecule has 0 unspecified atom stereocenters. The predicted octanol–water partition coefficient (Wildman–Crippen LogP) is 1.08. The van der Waals surface area contributed by atoms with Crippen molar-refractivity contribution in [2.24, 2.45) is 10.9 Å². The average Bonchev–Trinajstić information content (AvgIpc) is 2.27. The van der Waals surface area contributed by atoms with Crippen LogP contribution >= 0.6 is 0 Å². The number of carbonyl (C=O) groups is 1. The zero-order valence-corrected chi connectivity index (χ0v) is 9.57. The van der Waals surface area contributed by atoms with Crippen molar-refractivity contribution in [3.63, 3.8) is 0 Å². The second-order valence-electron chi connectivity index (χ2n) is 4.04. The molecule has 1 aromatic rings. The van der Waals surface area contributed by atoms with Crippen LogP contribution in [0.4, 0.5) is 4.39 Å². The van der Waals surface area contributed by atoms with Crippen LogP contribution < -0.4 is 11.1 Å². The van der Waals surface area contributed by atoms with Crippen LogP contribution in [-0.2, 0) is 0 Å². The summed E-state index contributed by atoms with van der Waals surface area (Å²) < 4.78 is 13.3. The number of hydrogen-bond acceptors (Lipinski definition) is 3. The molecule has 0 spiro atoms. The van der Waals surface area contributed by atoms with E-state index in [1.807, 2.05) is 0 Å². The minimum atomic E-state index is -1.06. The van der Waals surface area contributed by atoms with Gasteiger partial charge in [0.1, 0.15) is 5.82 Å². The third-order valence-electron chi connectivity index (χ3n) is 2.29.